The molecule has 21 heavy (non-hydrogen) atoms. The standard InChI is InChI=1S/C12H9N5O4/c13-6-8-1-3-10(11(5-8)17(20)21)16-7-9(14-15-16)2-4-12(18)19/h1,3,5,7H,2,4H2,(H,18,19). The van der Waals surface area contributed by atoms with Crippen molar-refractivity contribution in [3.05, 3.63) is 45.8 Å². The van der Waals surface area contributed by atoms with Crippen LogP contribution in [0.3, 0.4) is 0 Å². The molecule has 0 aliphatic rings. The lowest BCUT2D eigenvalue weighted by Gasteiger charge is -2.01. The second-order valence-corrected chi connectivity index (χ2v) is 4.12. The average Bonchev–Trinajstić information content (AvgIpc) is 2.93. The zero-order valence-electron chi connectivity index (χ0n) is 10.6. The summed E-state index contributed by atoms with van der Waals surface area (Å²) in [6.45, 7) is 0. The van der Waals surface area contributed by atoms with E-state index in [0.717, 1.165) is 6.07 Å². The van der Waals surface area contributed by atoms with E-state index in [4.69, 9.17) is 10.4 Å². The lowest BCUT2D eigenvalue weighted by molar-refractivity contribution is -0.384. The van der Waals surface area contributed by atoms with Crippen molar-refractivity contribution in [2.75, 3.05) is 0 Å². The largest absolute Gasteiger partial charge is 0.481 e. The number of nitrogens with zero attached hydrogens (tertiary/aromatic N) is 5. The zero-order chi connectivity index (χ0) is 15.4. The highest BCUT2D eigenvalue weighted by Gasteiger charge is 2.18. The molecule has 9 heteroatoms. The van der Waals surface area contributed by atoms with Gasteiger partial charge in [0.1, 0.15) is 5.69 Å². The highest BCUT2D eigenvalue weighted by Crippen LogP contribution is 2.23. The van der Waals surface area contributed by atoms with Gasteiger partial charge >= 0.3 is 5.97 Å². The maximum absolute atomic E-state index is 11.0. The van der Waals surface area contributed by atoms with E-state index in [1.54, 1.807) is 0 Å². The van der Waals surface area contributed by atoms with E-state index in [1.807, 2.05) is 6.07 Å². The molecule has 0 aliphatic heterocycles. The van der Waals surface area contributed by atoms with Crippen molar-refractivity contribution in [3.8, 4) is 11.8 Å². The fourth-order valence-corrected chi connectivity index (χ4v) is 1.70. The molecule has 106 valence electrons. The first kappa shape index (κ1) is 14.1. The minimum atomic E-state index is -0.964. The number of carboxylic acid groups (broad SMARTS) is 1. The number of aliphatic carboxylic acids is 1. The van der Waals surface area contributed by atoms with Gasteiger partial charge in [-0.3, -0.25) is 14.9 Å². The van der Waals surface area contributed by atoms with Gasteiger partial charge in [0, 0.05) is 12.5 Å². The predicted molar refractivity (Wildman–Crippen MR) is 68.7 cm³/mol. The van der Waals surface area contributed by atoms with Crippen molar-refractivity contribution in [1.82, 2.24) is 15.0 Å². The highest BCUT2D eigenvalue weighted by atomic mass is 16.6. The number of rotatable bonds is 5. The molecule has 2 rings (SSSR count). The zero-order valence-corrected chi connectivity index (χ0v) is 10.6. The number of hydrogen-bond acceptors (Lipinski definition) is 6. The molecule has 0 fully saturated rings. The first-order valence-electron chi connectivity index (χ1n) is 5.83. The first-order chi connectivity index (χ1) is 10.0. The molecule has 0 saturated heterocycles. The Morgan fingerprint density at radius 1 is 1.52 bits per heavy atom. The van der Waals surface area contributed by atoms with Crippen molar-refractivity contribution in [2.24, 2.45) is 0 Å². The van der Waals surface area contributed by atoms with Gasteiger partial charge in [0.15, 0.2) is 0 Å². The topological polar surface area (TPSA) is 135 Å². The number of nitriles is 1. The van der Waals surface area contributed by atoms with Crippen LogP contribution in [0.1, 0.15) is 17.7 Å². The van der Waals surface area contributed by atoms with Crippen LogP contribution in [0.2, 0.25) is 0 Å². The van der Waals surface area contributed by atoms with Crippen molar-refractivity contribution in [3.63, 3.8) is 0 Å². The molecular weight excluding hydrogens is 278 g/mol. The number of benzene rings is 1. The van der Waals surface area contributed by atoms with Gasteiger partial charge in [-0.15, -0.1) is 5.10 Å². The van der Waals surface area contributed by atoms with Gasteiger partial charge in [-0.25, -0.2) is 4.68 Å². The molecule has 1 N–H and O–H groups in total. The van der Waals surface area contributed by atoms with Gasteiger partial charge in [0.2, 0.25) is 0 Å². The molecule has 2 aromatic rings. The minimum absolute atomic E-state index is 0.103. The third-order valence-electron chi connectivity index (χ3n) is 2.68. The number of nitro groups is 1. The summed E-state index contributed by atoms with van der Waals surface area (Å²) in [4.78, 5) is 20.9. The van der Waals surface area contributed by atoms with Crippen LogP contribution < -0.4 is 0 Å². The summed E-state index contributed by atoms with van der Waals surface area (Å²) in [5, 5.41) is 35.9. The van der Waals surface area contributed by atoms with E-state index in [0.29, 0.717) is 5.69 Å². The van der Waals surface area contributed by atoms with Crippen LogP contribution >= 0.6 is 0 Å². The maximum Gasteiger partial charge on any atom is 0.303 e. The number of carbonyl (C=O) groups is 1. The number of hydrogen-bond donors (Lipinski definition) is 1. The summed E-state index contributed by atoms with van der Waals surface area (Å²) in [7, 11) is 0. The van der Waals surface area contributed by atoms with E-state index in [-0.39, 0.29) is 29.8 Å². The summed E-state index contributed by atoms with van der Waals surface area (Å²) in [5.74, 6) is -0.964. The fraction of sp³-hybridized carbons (Fsp3) is 0.167. The molecule has 1 aromatic heterocycles. The number of aryl methyl sites for hydroxylation is 1. The van der Waals surface area contributed by atoms with Gasteiger partial charge in [-0.2, -0.15) is 5.26 Å². The molecule has 0 amide bonds. The number of nitro benzene ring substituents is 1. The Labute approximate surface area is 118 Å². The fourth-order valence-electron chi connectivity index (χ4n) is 1.70. The van der Waals surface area contributed by atoms with Crippen LogP contribution in [0.4, 0.5) is 5.69 Å². The number of carboxylic acids is 1. The van der Waals surface area contributed by atoms with Crippen LogP contribution in [-0.2, 0) is 11.2 Å². The maximum atomic E-state index is 11.0. The molecular formula is C12H9N5O4. The monoisotopic (exact) mass is 287 g/mol. The van der Waals surface area contributed by atoms with Crippen molar-refractivity contribution < 1.29 is 14.8 Å². The molecule has 1 aromatic carbocycles. The summed E-state index contributed by atoms with van der Waals surface area (Å²) in [6.07, 6.45) is 1.50. The van der Waals surface area contributed by atoms with Gasteiger partial charge < -0.3 is 5.11 Å². The van der Waals surface area contributed by atoms with Crippen molar-refractivity contribution in [1.29, 1.82) is 5.26 Å². The molecule has 0 saturated carbocycles. The quantitative estimate of drug-likeness (QED) is 0.641. The van der Waals surface area contributed by atoms with Gasteiger partial charge in [-0.1, -0.05) is 5.21 Å². The molecule has 0 radical (unpaired) electrons. The highest BCUT2D eigenvalue weighted by molar-refractivity contribution is 5.67. The molecule has 9 nitrogen and oxygen atoms in total. The van der Waals surface area contributed by atoms with Gasteiger partial charge in [0.25, 0.3) is 5.69 Å². The Morgan fingerprint density at radius 2 is 2.29 bits per heavy atom. The summed E-state index contributed by atoms with van der Waals surface area (Å²) in [6, 6.07) is 5.80. The van der Waals surface area contributed by atoms with Gasteiger partial charge in [0.05, 0.1) is 34.9 Å². The van der Waals surface area contributed by atoms with E-state index in [9.17, 15) is 14.9 Å². The summed E-state index contributed by atoms with van der Waals surface area (Å²) < 4.78 is 1.19. The van der Waals surface area contributed by atoms with E-state index in [1.165, 1.54) is 23.0 Å². The lowest BCUT2D eigenvalue weighted by Crippen LogP contribution is -2.01. The second kappa shape index (κ2) is 5.79. The molecule has 0 bridgehead atoms. The Morgan fingerprint density at radius 3 is 2.90 bits per heavy atom. The molecule has 1 heterocycles. The summed E-state index contributed by atoms with van der Waals surface area (Å²) in [5.41, 5.74) is 0.463. The Kier molecular flexibility index (Phi) is 3.90. The van der Waals surface area contributed by atoms with E-state index >= 15 is 0 Å². The third kappa shape index (κ3) is 3.19. The molecule has 0 unspecified atom stereocenters. The van der Waals surface area contributed by atoms with Gasteiger partial charge in [-0.05, 0) is 12.1 Å². The molecule has 0 spiro atoms. The lowest BCUT2D eigenvalue weighted by atomic mass is 10.2. The Hall–Kier alpha value is -3.28. The van der Waals surface area contributed by atoms with Crippen LogP contribution in [-0.4, -0.2) is 31.0 Å². The van der Waals surface area contributed by atoms with Crippen LogP contribution in [0.5, 0.6) is 0 Å². The minimum Gasteiger partial charge on any atom is -0.481 e. The normalized spacial score (nSPS) is 10.0. The SMILES string of the molecule is N#Cc1ccc(-n2cc(CCC(=O)O)nn2)c([N+](=O)[O-])c1. The Bertz CT molecular complexity index is 746. The smallest absolute Gasteiger partial charge is 0.303 e. The Balaban J connectivity index is 2.36. The second-order valence-electron chi connectivity index (χ2n) is 4.12. The number of aromatic nitrogens is 3. The first-order valence-corrected chi connectivity index (χ1v) is 5.83. The van der Waals surface area contributed by atoms with Crippen molar-refractivity contribution >= 4 is 11.7 Å². The molecule has 0 aliphatic carbocycles. The van der Waals surface area contributed by atoms with E-state index in [2.05, 4.69) is 10.3 Å². The third-order valence-corrected chi connectivity index (χ3v) is 2.68. The van der Waals surface area contributed by atoms with Crippen LogP contribution in [0, 0.1) is 21.4 Å². The predicted octanol–water partition coefficient (Wildman–Crippen LogP) is 1.06. The van der Waals surface area contributed by atoms with Crippen molar-refractivity contribution in [2.45, 2.75) is 12.8 Å². The average molecular weight is 287 g/mol. The van der Waals surface area contributed by atoms with Crippen LogP contribution in [0.25, 0.3) is 5.69 Å². The summed E-state index contributed by atoms with van der Waals surface area (Å²) >= 11 is 0. The molecule has 0 atom stereocenters. The van der Waals surface area contributed by atoms with E-state index < -0.39 is 10.9 Å². The van der Waals surface area contributed by atoms with Crippen LogP contribution in [0.15, 0.2) is 24.4 Å².